The number of carbonyl (C=O) groups is 3. The maximum atomic E-state index is 12.5. The van der Waals surface area contributed by atoms with Gasteiger partial charge in [0.15, 0.2) is 0 Å². The highest BCUT2D eigenvalue weighted by Crippen LogP contribution is 2.44. The van der Waals surface area contributed by atoms with E-state index in [1.807, 2.05) is 48.5 Å². The lowest BCUT2D eigenvalue weighted by Crippen LogP contribution is -2.54. The molecule has 0 bridgehead atoms. The quantitative estimate of drug-likeness (QED) is 0.512. The van der Waals surface area contributed by atoms with Crippen molar-refractivity contribution in [2.75, 3.05) is 13.2 Å². The summed E-state index contributed by atoms with van der Waals surface area (Å²) in [5.41, 5.74) is 4.36. The van der Waals surface area contributed by atoms with Gasteiger partial charge in [0.25, 0.3) is 0 Å². The van der Waals surface area contributed by atoms with Crippen molar-refractivity contribution in [2.24, 2.45) is 5.92 Å². The van der Waals surface area contributed by atoms with E-state index >= 15 is 0 Å². The number of rotatable bonds is 8. The largest absolute Gasteiger partial charge is 0.480 e. The standard InChI is InChI=1S/C23H26N2O6/c1-13(2)20(21(27)24-19(11-26)22(28)29)25-23(30)31-12-18-16-9-5-3-7-14(16)15-8-4-6-10-17(15)18/h3-10,13,18-20,26H,11-12H2,1-2H3,(H,24,27)(H,25,30)(H,28,29)/t19-,20-/m1/s1. The number of aliphatic carboxylic acids is 1. The van der Waals surface area contributed by atoms with Crippen molar-refractivity contribution in [1.29, 1.82) is 0 Å². The number of aliphatic hydroxyl groups is 1. The number of benzene rings is 2. The van der Waals surface area contributed by atoms with E-state index in [-0.39, 0.29) is 18.4 Å². The number of ether oxygens (including phenoxy) is 1. The van der Waals surface area contributed by atoms with E-state index in [0.29, 0.717) is 0 Å². The van der Waals surface area contributed by atoms with Crippen LogP contribution in [0.3, 0.4) is 0 Å². The Hall–Kier alpha value is -3.39. The first-order chi connectivity index (χ1) is 14.8. The van der Waals surface area contributed by atoms with Crippen LogP contribution < -0.4 is 10.6 Å². The van der Waals surface area contributed by atoms with Crippen LogP contribution in [0.4, 0.5) is 4.79 Å². The van der Waals surface area contributed by atoms with Crippen LogP contribution in [0.25, 0.3) is 11.1 Å². The van der Waals surface area contributed by atoms with Crippen molar-refractivity contribution < 1.29 is 29.3 Å². The summed E-state index contributed by atoms with van der Waals surface area (Å²) in [5, 5.41) is 22.8. The molecule has 0 radical (unpaired) electrons. The van der Waals surface area contributed by atoms with Crippen molar-refractivity contribution in [3.05, 3.63) is 59.7 Å². The smallest absolute Gasteiger partial charge is 0.407 e. The molecular formula is C23H26N2O6. The molecule has 0 spiro atoms. The Morgan fingerprint density at radius 2 is 1.52 bits per heavy atom. The summed E-state index contributed by atoms with van der Waals surface area (Å²) in [6.45, 7) is 2.77. The molecule has 0 fully saturated rings. The molecule has 0 saturated heterocycles. The molecule has 8 nitrogen and oxygen atoms in total. The summed E-state index contributed by atoms with van der Waals surface area (Å²) in [5.74, 6) is -2.51. The highest BCUT2D eigenvalue weighted by Gasteiger charge is 2.31. The van der Waals surface area contributed by atoms with E-state index < -0.39 is 36.7 Å². The third-order valence-electron chi connectivity index (χ3n) is 5.36. The zero-order valence-electron chi connectivity index (χ0n) is 17.4. The number of fused-ring (bicyclic) bond motifs is 3. The first kappa shape index (κ1) is 22.3. The molecule has 3 rings (SSSR count). The van der Waals surface area contributed by atoms with Gasteiger partial charge in [0.2, 0.25) is 5.91 Å². The number of hydrogen-bond donors (Lipinski definition) is 4. The summed E-state index contributed by atoms with van der Waals surface area (Å²) in [7, 11) is 0. The van der Waals surface area contributed by atoms with Gasteiger partial charge in [0, 0.05) is 5.92 Å². The average molecular weight is 426 g/mol. The van der Waals surface area contributed by atoms with Gasteiger partial charge in [-0.3, -0.25) is 4.79 Å². The van der Waals surface area contributed by atoms with Crippen LogP contribution in [0.5, 0.6) is 0 Å². The minimum Gasteiger partial charge on any atom is -0.480 e. The molecule has 0 saturated carbocycles. The second kappa shape index (κ2) is 9.61. The molecule has 0 aliphatic heterocycles. The van der Waals surface area contributed by atoms with Crippen molar-refractivity contribution in [1.82, 2.24) is 10.6 Å². The zero-order valence-corrected chi connectivity index (χ0v) is 17.4. The molecule has 2 atom stereocenters. The third-order valence-corrected chi connectivity index (χ3v) is 5.36. The van der Waals surface area contributed by atoms with Gasteiger partial charge in [-0.2, -0.15) is 0 Å². The van der Waals surface area contributed by atoms with Gasteiger partial charge in [-0.15, -0.1) is 0 Å². The summed E-state index contributed by atoms with van der Waals surface area (Å²) in [6.07, 6.45) is -0.772. The Kier molecular flexibility index (Phi) is 6.91. The average Bonchev–Trinajstić information content (AvgIpc) is 3.07. The Balaban J connectivity index is 1.66. The van der Waals surface area contributed by atoms with Crippen LogP contribution in [-0.4, -0.2) is 53.5 Å². The molecule has 1 aliphatic carbocycles. The lowest BCUT2D eigenvalue weighted by atomic mass is 9.98. The minimum atomic E-state index is -1.45. The van der Waals surface area contributed by atoms with Gasteiger partial charge in [0.05, 0.1) is 6.61 Å². The van der Waals surface area contributed by atoms with Crippen LogP contribution in [-0.2, 0) is 14.3 Å². The van der Waals surface area contributed by atoms with Gasteiger partial charge < -0.3 is 25.6 Å². The number of aliphatic hydroxyl groups excluding tert-OH is 1. The second-order valence-electron chi connectivity index (χ2n) is 7.77. The van der Waals surface area contributed by atoms with Crippen LogP contribution in [0.1, 0.15) is 30.9 Å². The molecule has 0 aromatic heterocycles. The zero-order chi connectivity index (χ0) is 22.5. The number of carbonyl (C=O) groups excluding carboxylic acids is 2. The van der Waals surface area contributed by atoms with Gasteiger partial charge in [-0.25, -0.2) is 9.59 Å². The van der Waals surface area contributed by atoms with Crippen molar-refractivity contribution >= 4 is 18.0 Å². The molecular weight excluding hydrogens is 400 g/mol. The highest BCUT2D eigenvalue weighted by molar-refractivity contribution is 5.89. The minimum absolute atomic E-state index is 0.0979. The first-order valence-corrected chi connectivity index (χ1v) is 10.1. The fourth-order valence-corrected chi connectivity index (χ4v) is 3.75. The van der Waals surface area contributed by atoms with E-state index in [9.17, 15) is 14.4 Å². The number of alkyl carbamates (subject to hydrolysis) is 1. The summed E-state index contributed by atoms with van der Waals surface area (Å²) in [4.78, 5) is 35.9. The first-order valence-electron chi connectivity index (χ1n) is 10.1. The normalized spacial score (nSPS) is 14.3. The van der Waals surface area contributed by atoms with Crippen LogP contribution >= 0.6 is 0 Å². The Morgan fingerprint density at radius 3 is 2.00 bits per heavy atom. The van der Waals surface area contributed by atoms with Crippen LogP contribution in [0.2, 0.25) is 0 Å². The molecule has 31 heavy (non-hydrogen) atoms. The SMILES string of the molecule is CC(C)[C@@H](NC(=O)OCC1c2ccccc2-c2ccccc21)C(=O)N[C@H](CO)C(=O)O. The summed E-state index contributed by atoms with van der Waals surface area (Å²) in [6, 6.07) is 13.4. The fraction of sp³-hybridized carbons (Fsp3) is 0.348. The molecule has 2 amide bonds. The molecule has 164 valence electrons. The Labute approximate surface area is 180 Å². The van der Waals surface area contributed by atoms with E-state index in [2.05, 4.69) is 10.6 Å². The van der Waals surface area contributed by atoms with E-state index in [4.69, 9.17) is 14.9 Å². The van der Waals surface area contributed by atoms with Gasteiger partial charge >= 0.3 is 12.1 Å². The van der Waals surface area contributed by atoms with Gasteiger partial charge in [-0.05, 0) is 28.2 Å². The van der Waals surface area contributed by atoms with E-state index in [1.165, 1.54) is 0 Å². The fourth-order valence-electron chi connectivity index (χ4n) is 3.75. The summed E-state index contributed by atoms with van der Waals surface area (Å²) < 4.78 is 5.45. The van der Waals surface area contributed by atoms with E-state index in [1.54, 1.807) is 13.8 Å². The molecule has 8 heteroatoms. The molecule has 0 heterocycles. The molecule has 2 aromatic rings. The molecule has 4 N–H and O–H groups in total. The Morgan fingerprint density at radius 1 is 0.968 bits per heavy atom. The number of nitrogens with one attached hydrogen (secondary N) is 2. The van der Waals surface area contributed by atoms with Crippen LogP contribution in [0, 0.1) is 5.92 Å². The maximum absolute atomic E-state index is 12.5. The summed E-state index contributed by atoms with van der Waals surface area (Å²) >= 11 is 0. The van der Waals surface area contributed by atoms with E-state index in [0.717, 1.165) is 22.3 Å². The van der Waals surface area contributed by atoms with Crippen molar-refractivity contribution in [3.63, 3.8) is 0 Å². The highest BCUT2D eigenvalue weighted by atomic mass is 16.5. The lowest BCUT2D eigenvalue weighted by Gasteiger charge is -2.23. The lowest BCUT2D eigenvalue weighted by molar-refractivity contribution is -0.143. The topological polar surface area (TPSA) is 125 Å². The van der Waals surface area contributed by atoms with Crippen molar-refractivity contribution in [2.45, 2.75) is 31.8 Å². The third kappa shape index (κ3) is 4.86. The number of carboxylic acids is 1. The number of carboxylic acid groups (broad SMARTS) is 1. The van der Waals surface area contributed by atoms with Gasteiger partial charge in [-0.1, -0.05) is 62.4 Å². The Bertz CT molecular complexity index is 929. The van der Waals surface area contributed by atoms with Crippen molar-refractivity contribution in [3.8, 4) is 11.1 Å². The maximum Gasteiger partial charge on any atom is 0.407 e. The predicted octanol–water partition coefficient (Wildman–Crippen LogP) is 2.11. The monoisotopic (exact) mass is 426 g/mol. The van der Waals surface area contributed by atoms with Gasteiger partial charge in [0.1, 0.15) is 18.7 Å². The predicted molar refractivity (Wildman–Crippen MR) is 113 cm³/mol. The molecule has 2 aromatic carbocycles. The van der Waals surface area contributed by atoms with Crippen LogP contribution in [0.15, 0.2) is 48.5 Å². The number of amides is 2. The molecule has 0 unspecified atom stereocenters. The molecule has 1 aliphatic rings. The second-order valence-corrected chi connectivity index (χ2v) is 7.77. The number of hydrogen-bond acceptors (Lipinski definition) is 5.